The van der Waals surface area contributed by atoms with Crippen LogP contribution in [0.3, 0.4) is 0 Å². The summed E-state index contributed by atoms with van der Waals surface area (Å²) in [4.78, 5) is 27.0. The van der Waals surface area contributed by atoms with E-state index < -0.39 is 10.7 Å². The minimum absolute atomic E-state index is 0.279. The molecule has 0 unspecified atom stereocenters. The standard InChI is InChI=1S/C20H29Cl2N3O2/c1-2-3-4-5-6-7-18(26)25-14-12-24(13-15-25)17-10-8-16(9-11-17)23-20(27)19(21)22/h8-11,19H,2-7,12-15H2,1H3,(H,23,27). The normalized spacial score (nSPS) is 14.5. The van der Waals surface area contributed by atoms with Crippen molar-refractivity contribution in [1.29, 1.82) is 0 Å². The van der Waals surface area contributed by atoms with Crippen LogP contribution in [0, 0.1) is 0 Å². The Morgan fingerprint density at radius 2 is 1.63 bits per heavy atom. The number of anilines is 2. The summed E-state index contributed by atoms with van der Waals surface area (Å²) in [6.07, 6.45) is 6.52. The Morgan fingerprint density at radius 3 is 2.22 bits per heavy atom. The monoisotopic (exact) mass is 413 g/mol. The summed E-state index contributed by atoms with van der Waals surface area (Å²) in [7, 11) is 0. The van der Waals surface area contributed by atoms with Crippen molar-refractivity contribution in [3.05, 3.63) is 24.3 Å². The van der Waals surface area contributed by atoms with Crippen molar-refractivity contribution >= 4 is 46.4 Å². The molecule has 27 heavy (non-hydrogen) atoms. The zero-order valence-electron chi connectivity index (χ0n) is 15.9. The molecule has 1 aromatic carbocycles. The number of carbonyl (C=O) groups is 2. The zero-order chi connectivity index (χ0) is 19.6. The first kappa shape index (κ1) is 21.8. The van der Waals surface area contributed by atoms with E-state index >= 15 is 0 Å². The van der Waals surface area contributed by atoms with Gasteiger partial charge in [-0.15, -0.1) is 0 Å². The van der Waals surface area contributed by atoms with Crippen molar-refractivity contribution in [3.63, 3.8) is 0 Å². The number of halogens is 2. The topological polar surface area (TPSA) is 52.7 Å². The Labute approximate surface area is 172 Å². The largest absolute Gasteiger partial charge is 0.368 e. The van der Waals surface area contributed by atoms with Crippen molar-refractivity contribution in [2.24, 2.45) is 0 Å². The summed E-state index contributed by atoms with van der Waals surface area (Å²) in [5.74, 6) is -0.159. The van der Waals surface area contributed by atoms with E-state index in [4.69, 9.17) is 23.2 Å². The Kier molecular flexibility index (Phi) is 9.22. The van der Waals surface area contributed by atoms with E-state index in [1.807, 2.05) is 29.2 Å². The number of carbonyl (C=O) groups excluding carboxylic acids is 2. The SMILES string of the molecule is CCCCCCCC(=O)N1CCN(c2ccc(NC(=O)C(Cl)Cl)cc2)CC1. The fraction of sp³-hybridized carbons (Fsp3) is 0.600. The highest BCUT2D eigenvalue weighted by atomic mass is 35.5. The van der Waals surface area contributed by atoms with Gasteiger partial charge in [0, 0.05) is 44.0 Å². The van der Waals surface area contributed by atoms with Gasteiger partial charge in [-0.05, 0) is 30.7 Å². The zero-order valence-corrected chi connectivity index (χ0v) is 17.4. The number of alkyl halides is 2. The van der Waals surface area contributed by atoms with Gasteiger partial charge in [0.1, 0.15) is 0 Å². The molecule has 0 spiro atoms. The number of hydrogen-bond acceptors (Lipinski definition) is 3. The predicted molar refractivity (Wildman–Crippen MR) is 113 cm³/mol. The number of nitrogens with one attached hydrogen (secondary N) is 1. The molecule has 1 heterocycles. The molecule has 2 rings (SSSR count). The van der Waals surface area contributed by atoms with Gasteiger partial charge in [-0.25, -0.2) is 0 Å². The molecule has 2 amide bonds. The Balaban J connectivity index is 1.75. The maximum Gasteiger partial charge on any atom is 0.257 e. The Hall–Kier alpha value is -1.46. The van der Waals surface area contributed by atoms with E-state index in [9.17, 15) is 9.59 Å². The summed E-state index contributed by atoms with van der Waals surface area (Å²) in [5, 5.41) is 2.65. The number of benzene rings is 1. The summed E-state index contributed by atoms with van der Waals surface area (Å²) >= 11 is 11.1. The van der Waals surface area contributed by atoms with Crippen molar-refractivity contribution in [2.75, 3.05) is 36.4 Å². The molecular weight excluding hydrogens is 385 g/mol. The predicted octanol–water partition coefficient (Wildman–Crippen LogP) is 4.44. The second-order valence-corrected chi connectivity index (χ2v) is 7.97. The smallest absolute Gasteiger partial charge is 0.257 e. The molecular formula is C20H29Cl2N3O2. The molecule has 1 fully saturated rings. The van der Waals surface area contributed by atoms with E-state index in [0.717, 1.165) is 44.7 Å². The van der Waals surface area contributed by atoms with Crippen LogP contribution < -0.4 is 10.2 Å². The first-order chi connectivity index (χ1) is 13.0. The first-order valence-corrected chi connectivity index (χ1v) is 10.6. The maximum absolute atomic E-state index is 12.3. The molecule has 0 atom stereocenters. The lowest BCUT2D eigenvalue weighted by Crippen LogP contribution is -2.48. The average Bonchev–Trinajstić information content (AvgIpc) is 2.68. The Bertz CT molecular complexity index is 600. The van der Waals surface area contributed by atoms with Crippen LogP contribution in [0.1, 0.15) is 45.4 Å². The van der Waals surface area contributed by atoms with Gasteiger partial charge < -0.3 is 15.1 Å². The van der Waals surface area contributed by atoms with Crippen LogP contribution in [0.2, 0.25) is 0 Å². The van der Waals surface area contributed by atoms with Crippen LogP contribution in [0.25, 0.3) is 0 Å². The lowest BCUT2D eigenvalue weighted by Gasteiger charge is -2.36. The molecule has 5 nitrogen and oxygen atoms in total. The maximum atomic E-state index is 12.3. The minimum atomic E-state index is -1.08. The van der Waals surface area contributed by atoms with Crippen LogP contribution in [0.4, 0.5) is 11.4 Å². The van der Waals surface area contributed by atoms with Crippen LogP contribution >= 0.6 is 23.2 Å². The van der Waals surface area contributed by atoms with Crippen molar-refractivity contribution in [3.8, 4) is 0 Å². The molecule has 0 bridgehead atoms. The third-order valence-corrected chi connectivity index (χ3v) is 5.22. The molecule has 0 aliphatic carbocycles. The first-order valence-electron chi connectivity index (χ1n) is 9.73. The number of rotatable bonds is 9. The highest BCUT2D eigenvalue weighted by Crippen LogP contribution is 2.20. The van der Waals surface area contributed by atoms with Crippen molar-refractivity contribution in [1.82, 2.24) is 4.90 Å². The number of piperazine rings is 1. The molecule has 0 aromatic heterocycles. The highest BCUT2D eigenvalue weighted by molar-refractivity contribution is 6.54. The van der Waals surface area contributed by atoms with Crippen LogP contribution in [0.15, 0.2) is 24.3 Å². The Morgan fingerprint density at radius 1 is 1.00 bits per heavy atom. The van der Waals surface area contributed by atoms with Gasteiger partial charge in [-0.2, -0.15) is 0 Å². The summed E-state index contributed by atoms with van der Waals surface area (Å²) in [5.41, 5.74) is 1.74. The molecule has 1 N–H and O–H groups in total. The number of nitrogens with zero attached hydrogens (tertiary/aromatic N) is 2. The molecule has 0 saturated carbocycles. The number of amides is 2. The summed E-state index contributed by atoms with van der Waals surface area (Å²) in [6.45, 7) is 5.35. The van der Waals surface area contributed by atoms with Gasteiger partial charge >= 0.3 is 0 Å². The van der Waals surface area contributed by atoms with E-state index in [1.165, 1.54) is 19.3 Å². The van der Waals surface area contributed by atoms with E-state index in [1.54, 1.807) is 0 Å². The second kappa shape index (κ2) is 11.4. The lowest BCUT2D eigenvalue weighted by atomic mass is 10.1. The van der Waals surface area contributed by atoms with E-state index in [2.05, 4.69) is 17.1 Å². The second-order valence-electron chi connectivity index (χ2n) is 6.87. The van der Waals surface area contributed by atoms with E-state index in [-0.39, 0.29) is 5.91 Å². The van der Waals surface area contributed by atoms with Crippen LogP contribution in [0.5, 0.6) is 0 Å². The third kappa shape index (κ3) is 7.23. The average molecular weight is 414 g/mol. The fourth-order valence-electron chi connectivity index (χ4n) is 3.20. The van der Waals surface area contributed by atoms with Gasteiger partial charge in [0.2, 0.25) is 5.91 Å². The van der Waals surface area contributed by atoms with Gasteiger partial charge in [0.25, 0.3) is 5.91 Å². The van der Waals surface area contributed by atoms with Crippen LogP contribution in [-0.4, -0.2) is 47.7 Å². The lowest BCUT2D eigenvalue weighted by molar-refractivity contribution is -0.131. The molecule has 1 saturated heterocycles. The van der Waals surface area contributed by atoms with Gasteiger partial charge in [0.05, 0.1) is 0 Å². The third-order valence-electron chi connectivity index (χ3n) is 4.82. The quantitative estimate of drug-likeness (QED) is 0.480. The summed E-state index contributed by atoms with van der Waals surface area (Å²) in [6, 6.07) is 7.57. The fourth-order valence-corrected chi connectivity index (χ4v) is 3.31. The molecule has 150 valence electrons. The van der Waals surface area contributed by atoms with Crippen LogP contribution in [-0.2, 0) is 9.59 Å². The van der Waals surface area contributed by atoms with E-state index in [0.29, 0.717) is 12.1 Å². The highest BCUT2D eigenvalue weighted by Gasteiger charge is 2.21. The minimum Gasteiger partial charge on any atom is -0.368 e. The molecule has 1 aromatic rings. The molecule has 1 aliphatic heterocycles. The molecule has 7 heteroatoms. The van der Waals surface area contributed by atoms with Gasteiger partial charge in [-0.3, -0.25) is 9.59 Å². The molecule has 1 aliphatic rings. The molecule has 0 radical (unpaired) electrons. The van der Waals surface area contributed by atoms with Gasteiger partial charge in [0.15, 0.2) is 4.84 Å². The summed E-state index contributed by atoms with van der Waals surface area (Å²) < 4.78 is 0. The number of hydrogen-bond donors (Lipinski definition) is 1. The van der Waals surface area contributed by atoms with Crippen molar-refractivity contribution in [2.45, 2.75) is 50.3 Å². The number of unbranched alkanes of at least 4 members (excludes halogenated alkanes) is 4. The van der Waals surface area contributed by atoms with Crippen molar-refractivity contribution < 1.29 is 9.59 Å². The van der Waals surface area contributed by atoms with Gasteiger partial charge in [-0.1, -0.05) is 55.8 Å².